The number of carboxylic acids is 2. The quantitative estimate of drug-likeness (QED) is 0.488. The van der Waals surface area contributed by atoms with Crippen LogP contribution in [0.25, 0.3) is 0 Å². The van der Waals surface area contributed by atoms with Gasteiger partial charge in [0.05, 0.1) is 0 Å². The van der Waals surface area contributed by atoms with Gasteiger partial charge in [-0.2, -0.15) is 0 Å². The Morgan fingerprint density at radius 1 is 1.06 bits per heavy atom. The molecule has 0 aliphatic carbocycles. The van der Waals surface area contributed by atoms with E-state index in [1.165, 1.54) is 0 Å². The molecule has 0 unspecified atom stereocenters. The zero-order valence-corrected chi connectivity index (χ0v) is 14.0. The summed E-state index contributed by atoms with van der Waals surface area (Å²) >= 11 is 0. The van der Waals surface area contributed by atoms with Gasteiger partial charge >= 0.3 is 59.1 Å². The van der Waals surface area contributed by atoms with Crippen LogP contribution in [0.15, 0.2) is 30.3 Å². The van der Waals surface area contributed by atoms with Gasteiger partial charge in [-0.15, -0.1) is 0 Å². The molecular weight excluding hydrogens is 242 g/mol. The molecule has 80 valence electrons. The van der Waals surface area contributed by atoms with Crippen LogP contribution in [0.3, 0.4) is 0 Å². The van der Waals surface area contributed by atoms with E-state index in [2.05, 4.69) is 0 Å². The Balaban J connectivity index is 0. The summed E-state index contributed by atoms with van der Waals surface area (Å²) < 4.78 is 0. The summed E-state index contributed by atoms with van der Waals surface area (Å²) in [5.74, 6) is -3.40. The van der Waals surface area contributed by atoms with E-state index in [0.717, 1.165) is 0 Å². The van der Waals surface area contributed by atoms with Crippen LogP contribution in [0.1, 0.15) is 24.3 Å². The van der Waals surface area contributed by atoms with E-state index in [-0.39, 0.29) is 72.0 Å². The van der Waals surface area contributed by atoms with Gasteiger partial charge in [-0.1, -0.05) is 30.3 Å². The molecule has 0 aliphatic heterocycles. The fourth-order valence-corrected chi connectivity index (χ4v) is 1.37. The summed E-state index contributed by atoms with van der Waals surface area (Å²) in [6.45, 7) is 0. The predicted octanol–water partition coefficient (Wildman–Crippen LogP) is -6.94. The number of carboxylic acid groups (broad SMARTS) is 2. The van der Waals surface area contributed by atoms with Crippen LogP contribution >= 0.6 is 0 Å². The van der Waals surface area contributed by atoms with Gasteiger partial charge in [0.15, 0.2) is 0 Å². The number of aliphatic carboxylic acids is 2. The molecule has 0 N–H and O–H groups in total. The maximum absolute atomic E-state index is 10.8. The molecule has 17 heavy (non-hydrogen) atoms. The minimum Gasteiger partial charge on any atom is -0.550 e. The first kappa shape index (κ1) is 19.5. The van der Waals surface area contributed by atoms with Crippen LogP contribution in [-0.4, -0.2) is 11.9 Å². The predicted molar refractivity (Wildman–Crippen MR) is 48.4 cm³/mol. The van der Waals surface area contributed by atoms with Crippen molar-refractivity contribution in [3.63, 3.8) is 0 Å². The van der Waals surface area contributed by atoms with Gasteiger partial charge in [0.2, 0.25) is 0 Å². The van der Waals surface area contributed by atoms with Crippen molar-refractivity contribution >= 4 is 11.9 Å². The molecule has 0 saturated heterocycles. The molecule has 1 aromatic rings. The van der Waals surface area contributed by atoms with Crippen molar-refractivity contribution < 1.29 is 78.9 Å². The summed E-state index contributed by atoms with van der Waals surface area (Å²) in [5.41, 5.74) is 0.554. The van der Waals surface area contributed by atoms with Crippen LogP contribution in [0.5, 0.6) is 0 Å². The molecular formula is C11H10Na2O4. The van der Waals surface area contributed by atoms with Gasteiger partial charge in [-0.05, 0) is 18.4 Å². The third-order valence-electron chi connectivity index (χ3n) is 2.12. The Morgan fingerprint density at radius 3 is 2.00 bits per heavy atom. The Labute approximate surface area is 144 Å². The average molecular weight is 252 g/mol. The van der Waals surface area contributed by atoms with Crippen molar-refractivity contribution in [3.05, 3.63) is 35.9 Å². The SMILES string of the molecule is O=C([O-])CC[C@H](C(=O)[O-])c1ccccc1.[Na+].[Na+]. The van der Waals surface area contributed by atoms with Gasteiger partial charge in [0, 0.05) is 17.9 Å². The third kappa shape index (κ3) is 7.24. The van der Waals surface area contributed by atoms with E-state index in [1.54, 1.807) is 30.3 Å². The first-order valence-corrected chi connectivity index (χ1v) is 4.57. The Kier molecular flexibility index (Phi) is 11.6. The van der Waals surface area contributed by atoms with E-state index < -0.39 is 17.9 Å². The average Bonchev–Trinajstić information content (AvgIpc) is 2.18. The number of hydrogen-bond acceptors (Lipinski definition) is 4. The van der Waals surface area contributed by atoms with E-state index in [1.807, 2.05) is 0 Å². The van der Waals surface area contributed by atoms with Crippen LogP contribution in [0.2, 0.25) is 0 Å². The molecule has 0 bridgehead atoms. The smallest absolute Gasteiger partial charge is 0.550 e. The third-order valence-corrected chi connectivity index (χ3v) is 2.12. The standard InChI is InChI=1S/C11H12O4.2Na/c12-10(13)7-6-9(11(14)15)8-4-2-1-3-5-8;;/h1-5,9H,6-7H2,(H,12,13)(H,14,15);;/q;2*+1/p-2/t9-;;/m0../s1. The first-order valence-electron chi connectivity index (χ1n) is 4.57. The Hall–Kier alpha value is 0.160. The molecule has 0 spiro atoms. The minimum absolute atomic E-state index is 0. The van der Waals surface area contributed by atoms with Gasteiger partial charge in [0.1, 0.15) is 0 Å². The normalized spacial score (nSPS) is 10.6. The van der Waals surface area contributed by atoms with Crippen LogP contribution in [-0.2, 0) is 9.59 Å². The fourth-order valence-electron chi connectivity index (χ4n) is 1.37. The molecule has 4 nitrogen and oxygen atoms in total. The van der Waals surface area contributed by atoms with E-state index >= 15 is 0 Å². The van der Waals surface area contributed by atoms with Crippen molar-refractivity contribution in [2.24, 2.45) is 0 Å². The second kappa shape index (κ2) is 10.1. The number of carbonyl (C=O) groups excluding carboxylic acids is 2. The molecule has 1 aromatic carbocycles. The summed E-state index contributed by atoms with van der Waals surface area (Å²) in [5, 5.41) is 21.0. The van der Waals surface area contributed by atoms with Crippen LogP contribution in [0.4, 0.5) is 0 Å². The fraction of sp³-hybridized carbons (Fsp3) is 0.273. The van der Waals surface area contributed by atoms with E-state index in [9.17, 15) is 19.8 Å². The van der Waals surface area contributed by atoms with Crippen molar-refractivity contribution in [3.8, 4) is 0 Å². The van der Waals surface area contributed by atoms with Crippen molar-refractivity contribution in [2.45, 2.75) is 18.8 Å². The van der Waals surface area contributed by atoms with Crippen molar-refractivity contribution in [2.75, 3.05) is 0 Å². The second-order valence-electron chi connectivity index (χ2n) is 3.19. The molecule has 0 fully saturated rings. The molecule has 1 atom stereocenters. The maximum Gasteiger partial charge on any atom is 1.00 e. The van der Waals surface area contributed by atoms with E-state index in [0.29, 0.717) is 5.56 Å². The molecule has 0 aromatic heterocycles. The zero-order chi connectivity index (χ0) is 11.3. The molecule has 0 aliphatic rings. The number of benzene rings is 1. The molecule has 0 radical (unpaired) electrons. The monoisotopic (exact) mass is 252 g/mol. The summed E-state index contributed by atoms with van der Waals surface area (Å²) in [6.07, 6.45) is -0.289. The molecule has 0 saturated carbocycles. The van der Waals surface area contributed by atoms with Crippen LogP contribution in [0, 0.1) is 0 Å². The first-order chi connectivity index (χ1) is 7.11. The number of carbonyl (C=O) groups is 2. The summed E-state index contributed by atoms with van der Waals surface area (Å²) in [4.78, 5) is 21.0. The summed E-state index contributed by atoms with van der Waals surface area (Å²) in [6, 6.07) is 8.43. The molecule has 6 heteroatoms. The van der Waals surface area contributed by atoms with Gasteiger partial charge in [0.25, 0.3) is 0 Å². The maximum atomic E-state index is 10.8. The topological polar surface area (TPSA) is 80.3 Å². The Bertz CT molecular complexity index is 354. The van der Waals surface area contributed by atoms with Gasteiger partial charge in [-0.25, -0.2) is 0 Å². The van der Waals surface area contributed by atoms with Gasteiger partial charge in [-0.3, -0.25) is 0 Å². The second-order valence-corrected chi connectivity index (χ2v) is 3.19. The van der Waals surface area contributed by atoms with Crippen molar-refractivity contribution in [1.82, 2.24) is 0 Å². The zero-order valence-electron chi connectivity index (χ0n) is 10.0. The largest absolute Gasteiger partial charge is 1.00 e. The van der Waals surface area contributed by atoms with Crippen LogP contribution < -0.4 is 69.3 Å². The van der Waals surface area contributed by atoms with Crippen molar-refractivity contribution in [1.29, 1.82) is 0 Å². The number of hydrogen-bond donors (Lipinski definition) is 0. The molecule has 0 amide bonds. The molecule has 0 heterocycles. The summed E-state index contributed by atoms with van der Waals surface area (Å²) in [7, 11) is 0. The number of rotatable bonds is 5. The molecule has 1 rings (SSSR count). The van der Waals surface area contributed by atoms with E-state index in [4.69, 9.17) is 0 Å². The van der Waals surface area contributed by atoms with Gasteiger partial charge < -0.3 is 19.8 Å². The Morgan fingerprint density at radius 2 is 1.59 bits per heavy atom. The minimum atomic E-state index is -1.26.